The number of benzene rings is 2. The van der Waals surface area contributed by atoms with Crippen LogP contribution >= 0.6 is 0 Å². The molecular weight excluding hydrogens is 479 g/mol. The number of hydrogen-bond donors (Lipinski definition) is 1. The van der Waals surface area contributed by atoms with E-state index in [1.807, 2.05) is 39.0 Å². The summed E-state index contributed by atoms with van der Waals surface area (Å²) < 4.78 is 35.0. The minimum atomic E-state index is -1.42. The van der Waals surface area contributed by atoms with Gasteiger partial charge in [-0.2, -0.15) is 0 Å². The molecule has 1 saturated heterocycles. The lowest BCUT2D eigenvalue weighted by Gasteiger charge is -2.36. The van der Waals surface area contributed by atoms with Gasteiger partial charge in [0.15, 0.2) is 0 Å². The van der Waals surface area contributed by atoms with Gasteiger partial charge in [-0.1, -0.05) is 0 Å². The maximum Gasteiger partial charge on any atom is 0.225 e. The van der Waals surface area contributed by atoms with Crippen molar-refractivity contribution in [3.8, 4) is 5.75 Å². The molecule has 1 aliphatic heterocycles. The number of rotatable bonds is 9. The van der Waals surface area contributed by atoms with Gasteiger partial charge in [-0.25, -0.2) is 12.9 Å². The summed E-state index contributed by atoms with van der Waals surface area (Å²) in [5.41, 5.74) is 3.62. The van der Waals surface area contributed by atoms with Gasteiger partial charge in [0.05, 0.1) is 17.7 Å². The molecule has 1 atom stereocenters. The number of methoxy groups -OCH3 is 1. The second kappa shape index (κ2) is 12.2. The first kappa shape index (κ1) is 28.1. The lowest BCUT2D eigenvalue weighted by atomic mass is 10.0. The van der Waals surface area contributed by atoms with E-state index in [9.17, 15) is 13.4 Å². The summed E-state index contributed by atoms with van der Waals surface area (Å²) in [6.45, 7) is 7.58. The molecule has 3 rings (SSSR count). The third kappa shape index (κ3) is 6.63. The van der Waals surface area contributed by atoms with E-state index < -0.39 is 11.0 Å². The van der Waals surface area contributed by atoms with E-state index in [2.05, 4.69) is 29.2 Å². The van der Waals surface area contributed by atoms with E-state index in [0.717, 1.165) is 53.3 Å². The first-order valence-electron chi connectivity index (χ1n) is 12.3. The van der Waals surface area contributed by atoms with E-state index in [1.54, 1.807) is 18.5 Å². The number of aryl methyl sites for hydroxylation is 3. The molecule has 0 aliphatic carbocycles. The Bertz CT molecular complexity index is 1090. The number of nitrogens with one attached hydrogen (secondary N) is 1. The summed E-state index contributed by atoms with van der Waals surface area (Å²) >= 11 is 0. The number of anilines is 2. The van der Waals surface area contributed by atoms with Gasteiger partial charge in [0.25, 0.3) is 0 Å². The highest BCUT2D eigenvalue weighted by atomic mass is 32.2. The van der Waals surface area contributed by atoms with Crippen molar-refractivity contribution in [2.75, 3.05) is 58.1 Å². The Labute approximate surface area is 217 Å². The largest absolute Gasteiger partial charge is 0.497 e. The number of halogens is 1. The zero-order valence-electron chi connectivity index (χ0n) is 22.5. The lowest BCUT2D eigenvalue weighted by molar-refractivity contribution is -0.116. The van der Waals surface area contributed by atoms with E-state index in [0.29, 0.717) is 24.0 Å². The number of carbonyl (C=O) groups excluding carboxylic acids is 1. The molecule has 0 radical (unpaired) electrons. The SMILES string of the molecule is COc1cc(C)c(S(=O)N(C)CCC(=O)Nc2cc(F)c(N3CCC(N(C)C)CC3)cc2C)c(C)c1. The van der Waals surface area contributed by atoms with Gasteiger partial charge in [0, 0.05) is 44.8 Å². The monoisotopic (exact) mass is 518 g/mol. The molecule has 9 heteroatoms. The van der Waals surface area contributed by atoms with Crippen LogP contribution in [0.3, 0.4) is 0 Å². The molecule has 1 heterocycles. The average molecular weight is 519 g/mol. The topological polar surface area (TPSA) is 65.1 Å². The highest BCUT2D eigenvalue weighted by Crippen LogP contribution is 2.30. The standard InChI is InChI=1S/C27H39FN4O3S/c1-18-16-25(32-12-8-21(9-13-32)30(4)5)23(28)17-24(18)29-26(33)10-11-31(6)36(34)27-19(2)14-22(35-7)15-20(27)3/h14-17,21H,8-13H2,1-7H3,(H,29,33). The second-order valence-electron chi connectivity index (χ2n) is 9.79. The van der Waals surface area contributed by atoms with Crippen molar-refractivity contribution < 1.29 is 18.1 Å². The fourth-order valence-corrected chi connectivity index (χ4v) is 5.92. The molecule has 1 N–H and O–H groups in total. The van der Waals surface area contributed by atoms with E-state index in [-0.39, 0.29) is 18.1 Å². The first-order chi connectivity index (χ1) is 17.0. The molecule has 0 bridgehead atoms. The number of ether oxygens (including phenoxy) is 1. The van der Waals surface area contributed by atoms with Crippen molar-refractivity contribution in [3.63, 3.8) is 0 Å². The molecule has 1 fully saturated rings. The third-order valence-corrected chi connectivity index (χ3v) is 8.63. The predicted octanol–water partition coefficient (Wildman–Crippen LogP) is 4.27. The van der Waals surface area contributed by atoms with Crippen molar-refractivity contribution in [2.24, 2.45) is 0 Å². The highest BCUT2D eigenvalue weighted by Gasteiger charge is 2.23. The van der Waals surface area contributed by atoms with E-state index in [1.165, 1.54) is 6.07 Å². The Hall–Kier alpha value is -2.49. The van der Waals surface area contributed by atoms with E-state index in [4.69, 9.17) is 4.74 Å². The van der Waals surface area contributed by atoms with Crippen LogP contribution in [0.25, 0.3) is 0 Å². The zero-order valence-corrected chi connectivity index (χ0v) is 23.3. The van der Waals surface area contributed by atoms with Crippen LogP contribution in [0, 0.1) is 26.6 Å². The van der Waals surface area contributed by atoms with Gasteiger partial charge in [-0.05, 0) is 88.7 Å². The van der Waals surface area contributed by atoms with Crippen molar-refractivity contribution >= 4 is 28.3 Å². The molecule has 198 valence electrons. The lowest BCUT2D eigenvalue weighted by Crippen LogP contribution is -2.42. The van der Waals surface area contributed by atoms with Crippen molar-refractivity contribution in [3.05, 3.63) is 46.8 Å². The smallest absolute Gasteiger partial charge is 0.225 e. The second-order valence-corrected chi connectivity index (χ2v) is 11.3. The summed E-state index contributed by atoms with van der Waals surface area (Å²) in [4.78, 5) is 17.7. The fourth-order valence-electron chi connectivity index (χ4n) is 4.68. The van der Waals surface area contributed by atoms with Gasteiger partial charge in [-0.3, -0.25) is 4.79 Å². The Morgan fingerprint density at radius 2 is 1.69 bits per heavy atom. The van der Waals surface area contributed by atoms with Gasteiger partial charge in [-0.15, -0.1) is 0 Å². The van der Waals surface area contributed by atoms with Gasteiger partial charge >= 0.3 is 0 Å². The Balaban J connectivity index is 1.59. The molecule has 0 saturated carbocycles. The number of carbonyl (C=O) groups is 1. The van der Waals surface area contributed by atoms with Crippen LogP contribution in [0.4, 0.5) is 15.8 Å². The summed E-state index contributed by atoms with van der Waals surface area (Å²) in [6.07, 6.45) is 2.13. The number of amides is 1. The third-order valence-electron chi connectivity index (χ3n) is 6.88. The maximum absolute atomic E-state index is 15.0. The average Bonchev–Trinajstić information content (AvgIpc) is 2.83. The van der Waals surface area contributed by atoms with Crippen molar-refractivity contribution in [2.45, 2.75) is 51.0 Å². The molecule has 0 spiro atoms. The minimum Gasteiger partial charge on any atom is -0.497 e. The molecule has 2 aromatic rings. The molecular formula is C27H39FN4O3S. The summed E-state index contributed by atoms with van der Waals surface area (Å²) in [5.74, 6) is 0.145. The van der Waals surface area contributed by atoms with Crippen LogP contribution in [-0.2, 0) is 15.8 Å². The van der Waals surface area contributed by atoms with Crippen LogP contribution in [0.1, 0.15) is 36.0 Å². The van der Waals surface area contributed by atoms with Crippen LogP contribution in [0.2, 0.25) is 0 Å². The van der Waals surface area contributed by atoms with Crippen molar-refractivity contribution in [1.29, 1.82) is 0 Å². The summed E-state index contributed by atoms with van der Waals surface area (Å²) in [6, 6.07) is 7.46. The molecule has 7 nitrogen and oxygen atoms in total. The quantitative estimate of drug-likeness (QED) is 0.537. The normalized spacial score (nSPS) is 15.4. The molecule has 2 aromatic carbocycles. The molecule has 1 unspecified atom stereocenters. The van der Waals surface area contributed by atoms with Gasteiger partial charge in [0.2, 0.25) is 5.91 Å². The minimum absolute atomic E-state index is 0.136. The van der Waals surface area contributed by atoms with Crippen LogP contribution < -0.4 is 15.0 Å². The summed E-state index contributed by atoms with van der Waals surface area (Å²) in [5, 5.41) is 2.83. The number of hydrogen-bond acceptors (Lipinski definition) is 5. The predicted molar refractivity (Wildman–Crippen MR) is 145 cm³/mol. The van der Waals surface area contributed by atoms with Crippen molar-refractivity contribution in [1.82, 2.24) is 9.21 Å². The maximum atomic E-state index is 15.0. The Morgan fingerprint density at radius 3 is 2.25 bits per heavy atom. The zero-order chi connectivity index (χ0) is 26.6. The highest BCUT2D eigenvalue weighted by molar-refractivity contribution is 7.82. The first-order valence-corrected chi connectivity index (χ1v) is 13.4. The molecule has 1 aliphatic rings. The Kier molecular flexibility index (Phi) is 9.49. The van der Waals surface area contributed by atoms with Crippen LogP contribution in [0.15, 0.2) is 29.2 Å². The van der Waals surface area contributed by atoms with E-state index >= 15 is 0 Å². The molecule has 36 heavy (non-hydrogen) atoms. The van der Waals surface area contributed by atoms with Crippen LogP contribution in [0.5, 0.6) is 5.75 Å². The molecule has 0 aromatic heterocycles. The number of nitrogens with zero attached hydrogens (tertiary/aromatic N) is 3. The van der Waals surface area contributed by atoms with Crippen LogP contribution in [-0.4, -0.2) is 73.3 Å². The molecule has 1 amide bonds. The Morgan fingerprint density at radius 1 is 1.08 bits per heavy atom. The fraction of sp³-hybridized carbons (Fsp3) is 0.519. The van der Waals surface area contributed by atoms with Gasteiger partial charge in [0.1, 0.15) is 22.6 Å². The number of piperidine rings is 1. The van der Waals surface area contributed by atoms with Gasteiger partial charge < -0.3 is 19.9 Å². The summed E-state index contributed by atoms with van der Waals surface area (Å²) in [7, 11) is 6.08.